The monoisotopic (exact) mass is 862 g/mol. The van der Waals surface area contributed by atoms with Gasteiger partial charge < -0.3 is 28.6 Å². The molecule has 0 saturated heterocycles. The van der Waals surface area contributed by atoms with Crippen LogP contribution in [0.25, 0.3) is 0 Å². The second-order valence-corrected chi connectivity index (χ2v) is 16.6. The molecule has 0 aliphatic heterocycles. The number of hydrogen-bond donors (Lipinski definition) is 0. The minimum absolute atomic E-state index is 0.0150. The van der Waals surface area contributed by atoms with Crippen molar-refractivity contribution in [1.29, 1.82) is 0 Å². The van der Waals surface area contributed by atoms with Gasteiger partial charge in [-0.3, -0.25) is 9.59 Å². The van der Waals surface area contributed by atoms with Crippen LogP contribution in [-0.2, 0) is 28.6 Å². The molecule has 8 heteroatoms. The van der Waals surface area contributed by atoms with Crippen LogP contribution in [0.4, 0.5) is 0 Å². The summed E-state index contributed by atoms with van der Waals surface area (Å²) < 4.78 is 17.2. The van der Waals surface area contributed by atoms with Crippen LogP contribution < -0.4 is 5.11 Å². The van der Waals surface area contributed by atoms with E-state index in [2.05, 4.69) is 123 Å². The van der Waals surface area contributed by atoms with Gasteiger partial charge in [0.05, 0.1) is 40.3 Å². The second kappa shape index (κ2) is 43.6. The Labute approximate surface area is 378 Å². The molecule has 0 aliphatic carbocycles. The summed E-state index contributed by atoms with van der Waals surface area (Å²) >= 11 is 0. The summed E-state index contributed by atoms with van der Waals surface area (Å²) in [5.74, 6) is -1.81. The van der Waals surface area contributed by atoms with Gasteiger partial charge in [-0.25, -0.2) is 0 Å². The number of carboxylic acid groups (broad SMARTS) is 1. The Kier molecular flexibility index (Phi) is 40.8. The first kappa shape index (κ1) is 58.0. The lowest BCUT2D eigenvalue weighted by Gasteiger charge is -2.34. The van der Waals surface area contributed by atoms with Crippen molar-refractivity contribution in [2.75, 3.05) is 41.0 Å². The molecule has 0 radical (unpaired) electrons. The van der Waals surface area contributed by atoms with E-state index in [1.807, 2.05) is 0 Å². The van der Waals surface area contributed by atoms with Crippen molar-refractivity contribution in [2.24, 2.45) is 0 Å². The van der Waals surface area contributed by atoms with Gasteiger partial charge in [-0.05, 0) is 96.3 Å². The molecule has 0 spiro atoms. The molecule has 0 heterocycles. The normalized spacial score (nSPS) is 13.9. The van der Waals surface area contributed by atoms with E-state index in [1.54, 1.807) is 21.1 Å². The number of ether oxygens (including phenoxy) is 3. The lowest BCUT2D eigenvalue weighted by molar-refractivity contribution is -0.889. The Balaban J connectivity index is 4.41. The lowest BCUT2D eigenvalue weighted by Crippen LogP contribution is -2.55. The van der Waals surface area contributed by atoms with E-state index in [1.165, 1.54) is 12.8 Å². The number of carbonyl (C=O) groups excluding carboxylic acids is 3. The van der Waals surface area contributed by atoms with Gasteiger partial charge in [0.1, 0.15) is 12.6 Å². The molecule has 0 rings (SSSR count). The summed E-state index contributed by atoms with van der Waals surface area (Å²) in [6.07, 6.45) is 59.7. The number of likely N-dealkylation sites (N-methyl/N-ethyl adjacent to an activating group) is 1. The summed E-state index contributed by atoms with van der Waals surface area (Å²) in [6.45, 7) is 4.37. The maximum Gasteiger partial charge on any atom is 0.306 e. The first-order valence-corrected chi connectivity index (χ1v) is 23.9. The van der Waals surface area contributed by atoms with Gasteiger partial charge in [0.25, 0.3) is 0 Å². The molecule has 0 fully saturated rings. The van der Waals surface area contributed by atoms with E-state index in [9.17, 15) is 19.5 Å². The quantitative estimate of drug-likeness (QED) is 0.0261. The molecule has 2 atom stereocenters. The van der Waals surface area contributed by atoms with Gasteiger partial charge in [-0.1, -0.05) is 155 Å². The van der Waals surface area contributed by atoms with Crippen LogP contribution in [0.5, 0.6) is 0 Å². The third-order valence-electron chi connectivity index (χ3n) is 9.90. The molecule has 8 nitrogen and oxygen atoms in total. The first-order valence-electron chi connectivity index (χ1n) is 23.9. The minimum Gasteiger partial charge on any atom is -0.544 e. The average Bonchev–Trinajstić information content (AvgIpc) is 3.23. The van der Waals surface area contributed by atoms with Crippen LogP contribution in [0.2, 0.25) is 0 Å². The van der Waals surface area contributed by atoms with Crippen molar-refractivity contribution in [3.63, 3.8) is 0 Å². The number of nitrogens with zero attached hydrogens (tertiary/aromatic N) is 1. The maximum absolute atomic E-state index is 12.8. The molecule has 0 N–H and O–H groups in total. The van der Waals surface area contributed by atoms with E-state index < -0.39 is 18.1 Å². The third-order valence-corrected chi connectivity index (χ3v) is 9.90. The van der Waals surface area contributed by atoms with Gasteiger partial charge in [0, 0.05) is 19.3 Å². The van der Waals surface area contributed by atoms with E-state index in [-0.39, 0.29) is 49.1 Å². The Bertz CT molecular complexity index is 1370. The lowest BCUT2D eigenvalue weighted by atomic mass is 10.1. The van der Waals surface area contributed by atoms with Gasteiger partial charge in [0.15, 0.2) is 6.10 Å². The fraction of sp³-hybridized carbons (Fsp3) is 0.611. The summed E-state index contributed by atoms with van der Waals surface area (Å²) in [5, 5.41) is 11.6. The average molecular weight is 862 g/mol. The van der Waals surface area contributed by atoms with Crippen LogP contribution in [-0.4, -0.2) is 75.5 Å². The number of hydrogen-bond acceptors (Lipinski definition) is 7. The predicted octanol–water partition coefficient (Wildman–Crippen LogP) is 12.3. The SMILES string of the molecule is CC/C=C/C/C=C/C/C=C/C/C=C/C/C=C/C/C=C/CCCCCC(=O)OC(COCCC(C(=O)[O-])[N+](C)(C)C)COC(=O)CCCCCCCC/C=C/C/C=C/C/C=C/CC. The van der Waals surface area contributed by atoms with Crippen molar-refractivity contribution in [3.05, 3.63) is 109 Å². The standard InChI is InChI=1S/C54H87NO7/c1-6-8-10-12-14-16-18-20-22-24-25-26-27-28-29-31-33-35-37-39-41-43-45-53(57)62-50(48-60-47-46-51(54(58)59)55(3,4)5)49-61-52(56)44-42-40-38-36-34-32-30-23-21-19-17-15-13-11-9-7-2/h8-11,14-17,20-23,25-26,28-29,33,35,50-51H,6-7,12-13,18-19,24,27,30-32,34,36-49H2,1-5H3/b10-8+,11-9+,16-14+,17-15+,22-20+,23-21+,26-25+,29-28+,35-33+. The minimum atomic E-state index is -1.14. The number of carbonyl (C=O) groups is 3. The highest BCUT2D eigenvalue weighted by Crippen LogP contribution is 2.12. The Morgan fingerprint density at radius 1 is 0.484 bits per heavy atom. The molecule has 62 heavy (non-hydrogen) atoms. The van der Waals surface area contributed by atoms with E-state index >= 15 is 0 Å². The third kappa shape index (κ3) is 41.3. The van der Waals surface area contributed by atoms with Crippen molar-refractivity contribution < 1.29 is 38.2 Å². The highest BCUT2D eigenvalue weighted by molar-refractivity contribution is 5.70. The maximum atomic E-state index is 12.8. The smallest absolute Gasteiger partial charge is 0.306 e. The van der Waals surface area contributed by atoms with Crippen LogP contribution in [0.3, 0.4) is 0 Å². The zero-order valence-electron chi connectivity index (χ0n) is 39.7. The molecule has 0 aromatic rings. The number of allylic oxidation sites excluding steroid dienone is 18. The fourth-order valence-corrected chi connectivity index (χ4v) is 6.26. The zero-order chi connectivity index (χ0) is 45.6. The van der Waals surface area contributed by atoms with Gasteiger partial charge in [0.2, 0.25) is 0 Å². The number of esters is 2. The molecule has 0 aromatic carbocycles. The highest BCUT2D eigenvalue weighted by Gasteiger charge is 2.25. The van der Waals surface area contributed by atoms with Gasteiger partial charge in [-0.2, -0.15) is 0 Å². The van der Waals surface area contributed by atoms with Crippen molar-refractivity contribution in [2.45, 2.75) is 174 Å². The first-order chi connectivity index (χ1) is 30.1. The zero-order valence-corrected chi connectivity index (χ0v) is 39.7. The molecular formula is C54H87NO7. The number of aliphatic carboxylic acids is 1. The van der Waals surface area contributed by atoms with Crippen molar-refractivity contribution in [1.82, 2.24) is 0 Å². The Hall–Kier alpha value is -4.01. The van der Waals surface area contributed by atoms with Crippen LogP contribution in [0, 0.1) is 0 Å². The van der Waals surface area contributed by atoms with Gasteiger partial charge in [-0.15, -0.1) is 0 Å². The summed E-state index contributed by atoms with van der Waals surface area (Å²) in [6, 6.07) is -0.742. The van der Waals surface area contributed by atoms with Crippen LogP contribution >= 0.6 is 0 Å². The molecule has 0 aromatic heterocycles. The van der Waals surface area contributed by atoms with E-state index in [0.717, 1.165) is 109 Å². The molecule has 350 valence electrons. The summed E-state index contributed by atoms with van der Waals surface area (Å²) in [5.41, 5.74) is 0. The van der Waals surface area contributed by atoms with Crippen LogP contribution in [0.15, 0.2) is 109 Å². The Morgan fingerprint density at radius 3 is 1.27 bits per heavy atom. The van der Waals surface area contributed by atoms with E-state index in [4.69, 9.17) is 14.2 Å². The van der Waals surface area contributed by atoms with Crippen LogP contribution in [0.1, 0.15) is 162 Å². The largest absolute Gasteiger partial charge is 0.544 e. The molecular weight excluding hydrogens is 775 g/mol. The summed E-state index contributed by atoms with van der Waals surface area (Å²) in [7, 11) is 5.38. The predicted molar refractivity (Wildman–Crippen MR) is 258 cm³/mol. The summed E-state index contributed by atoms with van der Waals surface area (Å²) in [4.78, 5) is 37.0. The number of unbranched alkanes of at least 4 members (excludes halogenated alkanes) is 9. The fourth-order valence-electron chi connectivity index (χ4n) is 6.26. The molecule has 2 unspecified atom stereocenters. The number of carboxylic acids is 1. The molecule has 0 saturated carbocycles. The molecule has 0 amide bonds. The number of rotatable bonds is 41. The van der Waals surface area contributed by atoms with E-state index in [0.29, 0.717) is 12.8 Å². The van der Waals surface area contributed by atoms with Crippen molar-refractivity contribution in [3.8, 4) is 0 Å². The second-order valence-electron chi connectivity index (χ2n) is 16.6. The Morgan fingerprint density at radius 2 is 0.855 bits per heavy atom. The highest BCUT2D eigenvalue weighted by atomic mass is 16.6. The topological polar surface area (TPSA) is 102 Å². The molecule has 0 aliphatic rings. The number of quaternary nitrogens is 1. The van der Waals surface area contributed by atoms with Gasteiger partial charge >= 0.3 is 11.9 Å². The van der Waals surface area contributed by atoms with Crippen molar-refractivity contribution >= 4 is 17.9 Å². The molecule has 0 bridgehead atoms.